The SMILES string of the molecule is C=C1C[C@H](n2cnc3c(=O)[nH]c(N)nc32)O[C@@H]1CO. The fourth-order valence-electron chi connectivity index (χ4n) is 2.18. The van der Waals surface area contributed by atoms with E-state index in [-0.39, 0.29) is 24.3 Å². The molecule has 0 spiro atoms. The van der Waals surface area contributed by atoms with Crippen molar-refractivity contribution in [3.05, 3.63) is 28.8 Å². The molecule has 2 aromatic rings. The zero-order valence-electron chi connectivity index (χ0n) is 10.0. The minimum Gasteiger partial charge on any atom is -0.393 e. The number of fused-ring (bicyclic) bond motifs is 1. The van der Waals surface area contributed by atoms with Crippen molar-refractivity contribution in [2.75, 3.05) is 12.3 Å². The van der Waals surface area contributed by atoms with Gasteiger partial charge in [0.05, 0.1) is 12.9 Å². The number of aromatic amines is 1. The lowest BCUT2D eigenvalue weighted by Gasteiger charge is -2.13. The number of hydrogen-bond donors (Lipinski definition) is 3. The number of imidazole rings is 1. The normalized spacial score (nSPS) is 23.3. The summed E-state index contributed by atoms with van der Waals surface area (Å²) in [6, 6.07) is 0. The molecule has 0 radical (unpaired) electrons. The maximum Gasteiger partial charge on any atom is 0.280 e. The van der Waals surface area contributed by atoms with Gasteiger partial charge in [-0.3, -0.25) is 14.3 Å². The minimum atomic E-state index is -0.401. The summed E-state index contributed by atoms with van der Waals surface area (Å²) in [5.74, 6) is 0.0229. The number of aromatic nitrogens is 4. The van der Waals surface area contributed by atoms with Crippen molar-refractivity contribution in [1.82, 2.24) is 19.5 Å². The van der Waals surface area contributed by atoms with Crippen LogP contribution in [0.1, 0.15) is 12.6 Å². The Bertz CT molecular complexity index is 704. The van der Waals surface area contributed by atoms with Gasteiger partial charge in [0, 0.05) is 6.42 Å². The summed E-state index contributed by atoms with van der Waals surface area (Å²) < 4.78 is 7.26. The van der Waals surface area contributed by atoms with E-state index in [4.69, 9.17) is 15.6 Å². The van der Waals surface area contributed by atoms with Gasteiger partial charge in [-0.2, -0.15) is 4.98 Å². The molecule has 3 rings (SSSR count). The van der Waals surface area contributed by atoms with Crippen LogP contribution in [0.15, 0.2) is 23.3 Å². The zero-order chi connectivity index (χ0) is 13.6. The highest BCUT2D eigenvalue weighted by atomic mass is 16.5. The lowest BCUT2D eigenvalue weighted by atomic mass is 10.1. The van der Waals surface area contributed by atoms with E-state index in [0.29, 0.717) is 12.1 Å². The number of nitrogen functional groups attached to an aromatic ring is 1. The van der Waals surface area contributed by atoms with E-state index >= 15 is 0 Å². The van der Waals surface area contributed by atoms with Gasteiger partial charge in [-0.25, -0.2) is 4.98 Å². The molecule has 0 bridgehead atoms. The number of aliphatic hydroxyl groups excluding tert-OH is 1. The summed E-state index contributed by atoms with van der Waals surface area (Å²) in [5.41, 5.74) is 6.50. The molecule has 1 saturated heterocycles. The van der Waals surface area contributed by atoms with Crippen LogP contribution in [-0.2, 0) is 4.74 Å². The molecule has 100 valence electrons. The third-order valence-corrected chi connectivity index (χ3v) is 3.14. The van der Waals surface area contributed by atoms with Crippen LogP contribution in [0.2, 0.25) is 0 Å². The molecule has 1 aliphatic heterocycles. The average Bonchev–Trinajstić information content (AvgIpc) is 2.92. The van der Waals surface area contributed by atoms with Gasteiger partial charge in [0.2, 0.25) is 5.95 Å². The molecular weight excluding hydrogens is 250 g/mol. The number of H-pyrrole nitrogens is 1. The predicted octanol–water partition coefficient (Wildman–Crippen LogP) is -0.462. The van der Waals surface area contributed by atoms with Crippen LogP contribution in [0, 0.1) is 0 Å². The summed E-state index contributed by atoms with van der Waals surface area (Å²) >= 11 is 0. The van der Waals surface area contributed by atoms with Crippen molar-refractivity contribution >= 4 is 17.1 Å². The first-order valence-electron chi connectivity index (χ1n) is 5.76. The molecule has 4 N–H and O–H groups in total. The summed E-state index contributed by atoms with van der Waals surface area (Å²) in [5, 5.41) is 9.15. The second kappa shape index (κ2) is 4.18. The number of aliphatic hydroxyl groups is 1. The highest BCUT2D eigenvalue weighted by Gasteiger charge is 2.30. The minimum absolute atomic E-state index is 0.0229. The van der Waals surface area contributed by atoms with Gasteiger partial charge in [0.25, 0.3) is 5.56 Å². The first kappa shape index (κ1) is 11.9. The van der Waals surface area contributed by atoms with Gasteiger partial charge in [-0.1, -0.05) is 6.58 Å². The maximum absolute atomic E-state index is 11.7. The Labute approximate surface area is 107 Å². The molecule has 0 saturated carbocycles. The molecule has 0 aliphatic carbocycles. The highest BCUT2D eigenvalue weighted by Crippen LogP contribution is 2.32. The van der Waals surface area contributed by atoms with Crippen LogP contribution < -0.4 is 11.3 Å². The summed E-state index contributed by atoms with van der Waals surface area (Å²) in [6.45, 7) is 3.72. The Morgan fingerprint density at radius 1 is 1.68 bits per heavy atom. The Morgan fingerprint density at radius 3 is 3.16 bits per heavy atom. The molecule has 8 heteroatoms. The maximum atomic E-state index is 11.7. The van der Waals surface area contributed by atoms with Gasteiger partial charge < -0.3 is 15.6 Å². The fraction of sp³-hybridized carbons (Fsp3) is 0.364. The molecular formula is C11H13N5O3. The van der Waals surface area contributed by atoms with Gasteiger partial charge in [0.1, 0.15) is 12.3 Å². The van der Waals surface area contributed by atoms with Gasteiger partial charge in [0.15, 0.2) is 11.2 Å². The molecule has 0 aromatic carbocycles. The van der Waals surface area contributed by atoms with Crippen LogP contribution >= 0.6 is 0 Å². The average molecular weight is 263 g/mol. The molecule has 2 atom stereocenters. The van der Waals surface area contributed by atoms with E-state index in [2.05, 4.69) is 21.5 Å². The number of anilines is 1. The van der Waals surface area contributed by atoms with Crippen molar-refractivity contribution in [3.8, 4) is 0 Å². The Hall–Kier alpha value is -2.19. The fourth-order valence-corrected chi connectivity index (χ4v) is 2.18. The van der Waals surface area contributed by atoms with Crippen LogP contribution in [0.5, 0.6) is 0 Å². The lowest BCUT2D eigenvalue weighted by molar-refractivity contribution is -0.0146. The van der Waals surface area contributed by atoms with Gasteiger partial charge in [-0.05, 0) is 5.57 Å². The van der Waals surface area contributed by atoms with E-state index in [1.807, 2.05) is 0 Å². The third kappa shape index (κ3) is 1.81. The first-order valence-corrected chi connectivity index (χ1v) is 5.76. The molecule has 0 unspecified atom stereocenters. The number of nitrogens with zero attached hydrogens (tertiary/aromatic N) is 3. The van der Waals surface area contributed by atoms with E-state index in [1.54, 1.807) is 4.57 Å². The third-order valence-electron chi connectivity index (χ3n) is 3.14. The quantitative estimate of drug-likeness (QED) is 0.631. The van der Waals surface area contributed by atoms with Gasteiger partial charge in [-0.15, -0.1) is 0 Å². The van der Waals surface area contributed by atoms with Crippen LogP contribution in [0.4, 0.5) is 5.95 Å². The highest BCUT2D eigenvalue weighted by molar-refractivity contribution is 5.70. The standard InChI is InChI=1S/C11H13N5O3/c1-5-2-7(19-6(5)3-17)16-4-13-8-9(16)14-11(12)15-10(8)18/h4,6-7,17H,1-3H2,(H3,12,14,15,18)/t6-,7-/m1/s1. The zero-order valence-corrected chi connectivity index (χ0v) is 10.0. The van der Waals surface area contributed by atoms with E-state index in [1.165, 1.54) is 6.33 Å². The second-order valence-corrected chi connectivity index (χ2v) is 4.40. The largest absolute Gasteiger partial charge is 0.393 e. The van der Waals surface area contributed by atoms with E-state index < -0.39 is 11.7 Å². The molecule has 8 nitrogen and oxygen atoms in total. The molecule has 0 amide bonds. The monoisotopic (exact) mass is 263 g/mol. The Kier molecular flexibility index (Phi) is 2.61. The topological polar surface area (TPSA) is 119 Å². The molecule has 1 fully saturated rings. The summed E-state index contributed by atoms with van der Waals surface area (Å²) in [6.07, 6.45) is 1.22. The summed E-state index contributed by atoms with van der Waals surface area (Å²) in [4.78, 5) is 22.1. The number of hydrogen-bond acceptors (Lipinski definition) is 6. The number of nitrogens with two attached hydrogens (primary N) is 1. The van der Waals surface area contributed by atoms with Crippen LogP contribution in [0.3, 0.4) is 0 Å². The van der Waals surface area contributed by atoms with Crippen molar-refractivity contribution < 1.29 is 9.84 Å². The lowest BCUT2D eigenvalue weighted by Crippen LogP contribution is -2.16. The van der Waals surface area contributed by atoms with Crippen molar-refractivity contribution in [2.45, 2.75) is 18.8 Å². The van der Waals surface area contributed by atoms with Gasteiger partial charge >= 0.3 is 0 Å². The first-order chi connectivity index (χ1) is 9.10. The Morgan fingerprint density at radius 2 is 2.47 bits per heavy atom. The molecule has 19 heavy (non-hydrogen) atoms. The smallest absolute Gasteiger partial charge is 0.280 e. The second-order valence-electron chi connectivity index (χ2n) is 4.40. The number of nitrogens with one attached hydrogen (secondary N) is 1. The van der Waals surface area contributed by atoms with Crippen LogP contribution in [-0.4, -0.2) is 37.3 Å². The molecule has 1 aliphatic rings. The Balaban J connectivity index is 2.07. The molecule has 3 heterocycles. The molecule has 2 aromatic heterocycles. The number of rotatable bonds is 2. The van der Waals surface area contributed by atoms with Crippen molar-refractivity contribution in [1.29, 1.82) is 0 Å². The van der Waals surface area contributed by atoms with E-state index in [9.17, 15) is 4.79 Å². The van der Waals surface area contributed by atoms with E-state index in [0.717, 1.165) is 5.57 Å². The predicted molar refractivity (Wildman–Crippen MR) is 67.3 cm³/mol. The van der Waals surface area contributed by atoms with Crippen molar-refractivity contribution in [3.63, 3.8) is 0 Å². The number of ether oxygens (including phenoxy) is 1. The van der Waals surface area contributed by atoms with Crippen molar-refractivity contribution in [2.24, 2.45) is 0 Å². The summed E-state index contributed by atoms with van der Waals surface area (Å²) in [7, 11) is 0. The van der Waals surface area contributed by atoms with Crippen LogP contribution in [0.25, 0.3) is 11.2 Å².